The van der Waals surface area contributed by atoms with Crippen LogP contribution in [-0.2, 0) is 24.6 Å². The first-order valence-electron chi connectivity index (χ1n) is 7.29. The lowest BCUT2D eigenvalue weighted by Crippen LogP contribution is -2.33. The van der Waals surface area contributed by atoms with Gasteiger partial charge in [0.2, 0.25) is 0 Å². The van der Waals surface area contributed by atoms with Crippen LogP contribution in [0.5, 0.6) is 0 Å². The van der Waals surface area contributed by atoms with Crippen LogP contribution in [0.1, 0.15) is 39.1 Å². The molecule has 19 heavy (non-hydrogen) atoms. The van der Waals surface area contributed by atoms with Crippen molar-refractivity contribution in [1.82, 2.24) is 9.78 Å². The normalized spacial score (nSPS) is 32.7. The molecule has 1 N–H and O–H groups in total. The molecule has 5 atom stereocenters. The van der Waals surface area contributed by atoms with Crippen molar-refractivity contribution in [1.29, 1.82) is 0 Å². The van der Waals surface area contributed by atoms with Gasteiger partial charge in [-0.3, -0.25) is 4.68 Å². The van der Waals surface area contributed by atoms with E-state index in [1.54, 1.807) is 0 Å². The van der Waals surface area contributed by atoms with Crippen LogP contribution >= 0.6 is 0 Å². The van der Waals surface area contributed by atoms with E-state index in [0.29, 0.717) is 12.3 Å². The molecule has 1 aromatic heterocycles. The van der Waals surface area contributed by atoms with Crippen molar-refractivity contribution < 1.29 is 9.84 Å². The largest absolute Gasteiger partial charge is 0.392 e. The molecule has 4 heteroatoms. The fraction of sp³-hybridized carbons (Fsp3) is 0.800. The highest BCUT2D eigenvalue weighted by atomic mass is 16.5. The molecule has 0 bridgehead atoms. The van der Waals surface area contributed by atoms with Crippen LogP contribution in [0.4, 0.5) is 0 Å². The maximum absolute atomic E-state index is 10.5. The third-order valence-electron chi connectivity index (χ3n) is 4.57. The number of aliphatic hydroxyl groups excluding tert-OH is 1. The summed E-state index contributed by atoms with van der Waals surface area (Å²) in [6.07, 6.45) is 1.57. The molecule has 108 valence electrons. The molecular weight excluding hydrogens is 240 g/mol. The van der Waals surface area contributed by atoms with Crippen molar-refractivity contribution in [3.05, 3.63) is 17.5 Å². The molecule has 0 aromatic carbocycles. The van der Waals surface area contributed by atoms with Gasteiger partial charge in [0.25, 0.3) is 0 Å². The van der Waals surface area contributed by atoms with Gasteiger partial charge in [0.1, 0.15) is 0 Å². The lowest BCUT2D eigenvalue weighted by Gasteiger charge is -2.24. The molecule has 1 aliphatic heterocycles. The highest BCUT2D eigenvalue weighted by molar-refractivity contribution is 5.11. The van der Waals surface area contributed by atoms with Crippen LogP contribution in [0.3, 0.4) is 0 Å². The highest BCUT2D eigenvalue weighted by Gasteiger charge is 2.41. The quantitative estimate of drug-likeness (QED) is 0.906. The zero-order valence-corrected chi connectivity index (χ0v) is 12.6. The number of aliphatic hydroxyl groups is 1. The van der Waals surface area contributed by atoms with Crippen molar-refractivity contribution in [2.75, 3.05) is 0 Å². The fourth-order valence-electron chi connectivity index (χ4n) is 3.24. The van der Waals surface area contributed by atoms with E-state index in [0.717, 1.165) is 17.8 Å². The molecule has 1 aromatic rings. The van der Waals surface area contributed by atoms with Crippen molar-refractivity contribution in [2.45, 2.75) is 58.8 Å². The third kappa shape index (κ3) is 2.84. The summed E-state index contributed by atoms with van der Waals surface area (Å²) in [5.41, 5.74) is 2.19. The predicted molar refractivity (Wildman–Crippen MR) is 75.0 cm³/mol. The van der Waals surface area contributed by atoms with Gasteiger partial charge in [0.05, 0.1) is 24.0 Å². The Labute approximate surface area is 115 Å². The Bertz CT molecular complexity index is 430. The van der Waals surface area contributed by atoms with Gasteiger partial charge < -0.3 is 9.84 Å². The Morgan fingerprint density at radius 2 is 2.05 bits per heavy atom. The van der Waals surface area contributed by atoms with Gasteiger partial charge in [-0.25, -0.2) is 0 Å². The maximum Gasteiger partial charge on any atom is 0.0651 e. The van der Waals surface area contributed by atoms with Crippen LogP contribution in [-0.4, -0.2) is 33.2 Å². The van der Waals surface area contributed by atoms with E-state index in [1.165, 1.54) is 0 Å². The first-order chi connectivity index (χ1) is 8.93. The zero-order valence-electron chi connectivity index (χ0n) is 12.6. The minimum Gasteiger partial charge on any atom is -0.392 e. The monoisotopic (exact) mass is 266 g/mol. The van der Waals surface area contributed by atoms with Gasteiger partial charge in [-0.05, 0) is 32.3 Å². The van der Waals surface area contributed by atoms with Crippen LogP contribution in [0.25, 0.3) is 0 Å². The van der Waals surface area contributed by atoms with Crippen molar-refractivity contribution in [3.63, 3.8) is 0 Å². The van der Waals surface area contributed by atoms with Crippen molar-refractivity contribution >= 4 is 0 Å². The van der Waals surface area contributed by atoms with Crippen LogP contribution in [0, 0.1) is 11.8 Å². The summed E-state index contributed by atoms with van der Waals surface area (Å²) in [5, 5.41) is 15.0. The van der Waals surface area contributed by atoms with Gasteiger partial charge in [0, 0.05) is 25.1 Å². The van der Waals surface area contributed by atoms with Gasteiger partial charge in [0.15, 0.2) is 0 Å². The molecule has 1 saturated heterocycles. The first kappa shape index (κ1) is 14.5. The van der Waals surface area contributed by atoms with Gasteiger partial charge in [-0.2, -0.15) is 5.10 Å². The smallest absolute Gasteiger partial charge is 0.0651 e. The highest BCUT2D eigenvalue weighted by Crippen LogP contribution is 2.35. The molecule has 2 rings (SSSR count). The summed E-state index contributed by atoms with van der Waals surface area (Å²) in [6.45, 7) is 8.42. The molecule has 0 saturated carbocycles. The summed E-state index contributed by atoms with van der Waals surface area (Å²) in [7, 11) is 1.95. The minimum atomic E-state index is -0.366. The van der Waals surface area contributed by atoms with E-state index in [4.69, 9.17) is 4.74 Å². The van der Waals surface area contributed by atoms with E-state index in [-0.39, 0.29) is 24.2 Å². The number of aryl methyl sites for hydroxylation is 2. The minimum absolute atomic E-state index is 0.124. The fourth-order valence-corrected chi connectivity index (χ4v) is 3.24. The van der Waals surface area contributed by atoms with E-state index in [9.17, 15) is 5.11 Å². The number of nitrogens with zero attached hydrogens (tertiary/aromatic N) is 2. The molecular formula is C15H26N2O2. The second-order valence-corrected chi connectivity index (χ2v) is 5.86. The topological polar surface area (TPSA) is 47.3 Å². The molecule has 1 fully saturated rings. The Balaban J connectivity index is 2.08. The summed E-state index contributed by atoms with van der Waals surface area (Å²) in [4.78, 5) is 0. The lowest BCUT2D eigenvalue weighted by molar-refractivity contribution is 0.0234. The van der Waals surface area contributed by atoms with Gasteiger partial charge >= 0.3 is 0 Å². The molecule has 0 amide bonds. The number of rotatable bonds is 4. The zero-order chi connectivity index (χ0) is 14.2. The van der Waals surface area contributed by atoms with E-state index in [1.807, 2.05) is 11.7 Å². The average Bonchev–Trinajstić information content (AvgIpc) is 2.81. The number of ether oxygens (including phenoxy) is 1. The average molecular weight is 266 g/mol. The van der Waals surface area contributed by atoms with E-state index in [2.05, 4.69) is 38.9 Å². The SMILES string of the molecule is CCc1cc(CC(O)C2C(C)OC(C)C2C)n(C)n1. The molecule has 5 unspecified atom stereocenters. The lowest BCUT2D eigenvalue weighted by atomic mass is 9.83. The van der Waals surface area contributed by atoms with Crippen LogP contribution < -0.4 is 0 Å². The Kier molecular flexibility index (Phi) is 4.31. The predicted octanol–water partition coefficient (Wildman–Crippen LogP) is 1.95. The summed E-state index contributed by atoms with van der Waals surface area (Å²) < 4.78 is 7.70. The molecule has 0 spiro atoms. The maximum atomic E-state index is 10.5. The Hall–Kier alpha value is -0.870. The van der Waals surface area contributed by atoms with Crippen molar-refractivity contribution in [3.8, 4) is 0 Å². The standard InChI is InChI=1S/C15H26N2O2/c1-6-12-7-13(17(5)16-12)8-14(18)15-9(2)10(3)19-11(15)4/h7,9-11,14-15,18H,6,8H2,1-5H3. The second kappa shape index (κ2) is 5.63. The Morgan fingerprint density at radius 1 is 1.37 bits per heavy atom. The Morgan fingerprint density at radius 3 is 2.53 bits per heavy atom. The number of aromatic nitrogens is 2. The summed E-state index contributed by atoms with van der Waals surface area (Å²) >= 11 is 0. The van der Waals surface area contributed by atoms with Gasteiger partial charge in [-0.1, -0.05) is 13.8 Å². The molecule has 0 aliphatic carbocycles. The molecule has 0 radical (unpaired) electrons. The van der Waals surface area contributed by atoms with E-state index < -0.39 is 0 Å². The third-order valence-corrected chi connectivity index (χ3v) is 4.57. The summed E-state index contributed by atoms with van der Waals surface area (Å²) in [5.74, 6) is 0.596. The number of hydrogen-bond acceptors (Lipinski definition) is 3. The van der Waals surface area contributed by atoms with E-state index >= 15 is 0 Å². The van der Waals surface area contributed by atoms with Crippen molar-refractivity contribution in [2.24, 2.45) is 18.9 Å². The first-order valence-corrected chi connectivity index (χ1v) is 7.29. The molecule has 1 aliphatic rings. The van der Waals surface area contributed by atoms with Crippen LogP contribution in [0.15, 0.2) is 6.07 Å². The second-order valence-electron chi connectivity index (χ2n) is 5.86. The van der Waals surface area contributed by atoms with Gasteiger partial charge in [-0.15, -0.1) is 0 Å². The van der Waals surface area contributed by atoms with Crippen LogP contribution in [0.2, 0.25) is 0 Å². The number of hydrogen-bond donors (Lipinski definition) is 1. The summed E-state index contributed by atoms with van der Waals surface area (Å²) in [6, 6.07) is 2.10. The molecule has 4 nitrogen and oxygen atoms in total. The molecule has 2 heterocycles.